The van der Waals surface area contributed by atoms with Gasteiger partial charge in [-0.1, -0.05) is 18.2 Å². The van der Waals surface area contributed by atoms with Crippen molar-refractivity contribution in [2.45, 2.75) is 19.9 Å². The average molecular weight is 262 g/mol. The van der Waals surface area contributed by atoms with Gasteiger partial charge in [-0.2, -0.15) is 0 Å². The summed E-state index contributed by atoms with van der Waals surface area (Å²) in [7, 11) is 2.09. The number of piperazine rings is 1. The van der Waals surface area contributed by atoms with Gasteiger partial charge < -0.3 is 14.5 Å². The Morgan fingerprint density at radius 1 is 1.37 bits per heavy atom. The zero-order chi connectivity index (χ0) is 13.8. The van der Waals surface area contributed by atoms with E-state index >= 15 is 0 Å². The summed E-state index contributed by atoms with van der Waals surface area (Å²) in [6.07, 6.45) is 0. The summed E-state index contributed by atoms with van der Waals surface area (Å²) in [5, 5.41) is 0. The summed E-state index contributed by atoms with van der Waals surface area (Å²) >= 11 is 0. The molecule has 1 saturated heterocycles. The van der Waals surface area contributed by atoms with Gasteiger partial charge >= 0.3 is 0 Å². The van der Waals surface area contributed by atoms with Crippen molar-refractivity contribution in [2.75, 3.05) is 33.3 Å². The van der Waals surface area contributed by atoms with Crippen LogP contribution in [0.1, 0.15) is 12.5 Å². The highest BCUT2D eigenvalue weighted by Gasteiger charge is 2.24. The smallest absolute Gasteiger partial charge is 0.260 e. The van der Waals surface area contributed by atoms with Crippen molar-refractivity contribution in [3.05, 3.63) is 29.8 Å². The molecular weight excluding hydrogens is 240 g/mol. The van der Waals surface area contributed by atoms with E-state index < -0.39 is 0 Å². The highest BCUT2D eigenvalue weighted by Crippen LogP contribution is 2.16. The normalized spacial score (nSPS) is 20.4. The van der Waals surface area contributed by atoms with Crippen LogP contribution < -0.4 is 4.74 Å². The number of benzene rings is 1. The number of likely N-dealkylation sites (N-methyl/N-ethyl adjacent to an activating group) is 1. The van der Waals surface area contributed by atoms with Crippen molar-refractivity contribution in [2.24, 2.45) is 0 Å². The van der Waals surface area contributed by atoms with E-state index in [0.717, 1.165) is 30.9 Å². The molecule has 1 amide bonds. The van der Waals surface area contributed by atoms with Gasteiger partial charge in [0.05, 0.1) is 0 Å². The Kier molecular flexibility index (Phi) is 4.43. The van der Waals surface area contributed by atoms with Gasteiger partial charge in [0.2, 0.25) is 0 Å². The maximum Gasteiger partial charge on any atom is 0.260 e. The predicted molar refractivity (Wildman–Crippen MR) is 75.3 cm³/mol. The average Bonchev–Trinajstić information content (AvgIpc) is 2.40. The second-order valence-corrected chi connectivity index (χ2v) is 5.22. The Bertz CT molecular complexity index is 448. The number of aryl methyl sites for hydroxylation is 1. The zero-order valence-electron chi connectivity index (χ0n) is 11.9. The zero-order valence-corrected chi connectivity index (χ0v) is 11.9. The van der Waals surface area contributed by atoms with Crippen LogP contribution in [0.25, 0.3) is 0 Å². The molecule has 104 valence electrons. The van der Waals surface area contributed by atoms with Crippen LogP contribution in [0.15, 0.2) is 24.3 Å². The van der Waals surface area contributed by atoms with E-state index in [0.29, 0.717) is 6.04 Å². The fourth-order valence-electron chi connectivity index (χ4n) is 2.22. The Labute approximate surface area is 115 Å². The molecule has 4 heteroatoms. The summed E-state index contributed by atoms with van der Waals surface area (Å²) < 4.78 is 5.61. The lowest BCUT2D eigenvalue weighted by Gasteiger charge is -2.37. The van der Waals surface area contributed by atoms with E-state index in [4.69, 9.17) is 4.74 Å². The molecule has 1 unspecified atom stereocenters. The van der Waals surface area contributed by atoms with Crippen molar-refractivity contribution in [1.82, 2.24) is 9.80 Å². The van der Waals surface area contributed by atoms with E-state index in [9.17, 15) is 4.79 Å². The first-order valence-electron chi connectivity index (χ1n) is 6.74. The SMILES string of the molecule is Cc1ccccc1OCC(=O)N1CCN(C)C(C)C1. The van der Waals surface area contributed by atoms with Gasteiger partial charge in [0.25, 0.3) is 5.91 Å². The van der Waals surface area contributed by atoms with Crippen LogP contribution in [0, 0.1) is 6.92 Å². The molecule has 0 radical (unpaired) electrons. The summed E-state index contributed by atoms with van der Waals surface area (Å²) in [5.74, 6) is 0.862. The van der Waals surface area contributed by atoms with E-state index in [1.54, 1.807) is 0 Å². The molecule has 4 nitrogen and oxygen atoms in total. The summed E-state index contributed by atoms with van der Waals surface area (Å²) in [6.45, 7) is 6.75. The molecule has 0 bridgehead atoms. The fraction of sp³-hybridized carbons (Fsp3) is 0.533. The van der Waals surface area contributed by atoms with Crippen LogP contribution in [-0.2, 0) is 4.79 Å². The third-order valence-corrected chi connectivity index (χ3v) is 3.76. The first kappa shape index (κ1) is 13.9. The van der Waals surface area contributed by atoms with Crippen LogP contribution in [0.4, 0.5) is 0 Å². The monoisotopic (exact) mass is 262 g/mol. The Morgan fingerprint density at radius 3 is 2.79 bits per heavy atom. The summed E-state index contributed by atoms with van der Waals surface area (Å²) in [5.41, 5.74) is 1.06. The van der Waals surface area contributed by atoms with Crippen LogP contribution >= 0.6 is 0 Å². The molecule has 0 saturated carbocycles. The maximum absolute atomic E-state index is 12.1. The van der Waals surface area contributed by atoms with E-state index in [-0.39, 0.29) is 12.5 Å². The lowest BCUT2D eigenvalue weighted by Crippen LogP contribution is -2.53. The van der Waals surface area contributed by atoms with Gasteiger partial charge in [0.15, 0.2) is 6.61 Å². The molecule has 1 aliphatic rings. The summed E-state index contributed by atoms with van der Waals surface area (Å²) in [4.78, 5) is 16.3. The topological polar surface area (TPSA) is 32.8 Å². The van der Waals surface area contributed by atoms with E-state index in [2.05, 4.69) is 18.9 Å². The van der Waals surface area contributed by atoms with Gasteiger partial charge in [-0.3, -0.25) is 4.79 Å². The molecule has 0 spiro atoms. The molecule has 1 aromatic rings. The van der Waals surface area contributed by atoms with E-state index in [1.807, 2.05) is 36.1 Å². The largest absolute Gasteiger partial charge is 0.484 e. The number of nitrogens with zero attached hydrogens (tertiary/aromatic N) is 2. The molecule has 19 heavy (non-hydrogen) atoms. The van der Waals surface area contributed by atoms with Crippen molar-refractivity contribution in [1.29, 1.82) is 0 Å². The molecule has 2 rings (SSSR count). The first-order chi connectivity index (χ1) is 9.08. The standard InChI is InChI=1S/C15H22N2O2/c1-12-6-4-5-7-14(12)19-11-15(18)17-9-8-16(3)13(2)10-17/h4-7,13H,8-11H2,1-3H3. The third kappa shape index (κ3) is 3.47. The highest BCUT2D eigenvalue weighted by atomic mass is 16.5. The van der Waals surface area contributed by atoms with Crippen molar-refractivity contribution < 1.29 is 9.53 Å². The molecule has 0 N–H and O–H groups in total. The number of ether oxygens (including phenoxy) is 1. The molecule has 1 atom stereocenters. The lowest BCUT2D eigenvalue weighted by molar-refractivity contribution is -0.135. The lowest BCUT2D eigenvalue weighted by atomic mass is 10.2. The second-order valence-electron chi connectivity index (χ2n) is 5.22. The molecule has 0 aromatic heterocycles. The first-order valence-corrected chi connectivity index (χ1v) is 6.74. The minimum atomic E-state index is 0.0724. The minimum Gasteiger partial charge on any atom is -0.484 e. The third-order valence-electron chi connectivity index (χ3n) is 3.76. The highest BCUT2D eigenvalue weighted by molar-refractivity contribution is 5.78. The number of amides is 1. The summed E-state index contributed by atoms with van der Waals surface area (Å²) in [6, 6.07) is 8.18. The van der Waals surface area contributed by atoms with Gasteiger partial charge in [-0.25, -0.2) is 0 Å². The van der Waals surface area contributed by atoms with Crippen LogP contribution in [-0.4, -0.2) is 55.0 Å². The van der Waals surface area contributed by atoms with Crippen LogP contribution in [0.2, 0.25) is 0 Å². The molecule has 1 aromatic carbocycles. The van der Waals surface area contributed by atoms with Crippen LogP contribution in [0.5, 0.6) is 5.75 Å². The number of para-hydroxylation sites is 1. The Morgan fingerprint density at radius 2 is 2.11 bits per heavy atom. The minimum absolute atomic E-state index is 0.0724. The Balaban J connectivity index is 1.87. The number of hydrogen-bond donors (Lipinski definition) is 0. The Hall–Kier alpha value is -1.55. The molecular formula is C15H22N2O2. The van der Waals surface area contributed by atoms with Crippen molar-refractivity contribution in [3.8, 4) is 5.75 Å². The fourth-order valence-corrected chi connectivity index (χ4v) is 2.22. The predicted octanol–water partition coefficient (Wildman–Crippen LogP) is 1.54. The van der Waals surface area contributed by atoms with Gasteiger partial charge in [-0.05, 0) is 32.5 Å². The molecule has 1 fully saturated rings. The second kappa shape index (κ2) is 6.06. The number of hydrogen-bond acceptors (Lipinski definition) is 3. The van der Waals surface area contributed by atoms with Crippen molar-refractivity contribution in [3.63, 3.8) is 0 Å². The number of rotatable bonds is 3. The van der Waals surface area contributed by atoms with Gasteiger partial charge in [-0.15, -0.1) is 0 Å². The molecule has 1 heterocycles. The quantitative estimate of drug-likeness (QED) is 0.828. The number of carbonyl (C=O) groups is 1. The molecule has 1 aliphatic heterocycles. The van der Waals surface area contributed by atoms with E-state index in [1.165, 1.54) is 0 Å². The van der Waals surface area contributed by atoms with Crippen LogP contribution in [0.3, 0.4) is 0 Å². The number of carbonyl (C=O) groups excluding carboxylic acids is 1. The van der Waals surface area contributed by atoms with Crippen molar-refractivity contribution >= 4 is 5.91 Å². The van der Waals surface area contributed by atoms with Gasteiger partial charge in [0.1, 0.15) is 5.75 Å². The maximum atomic E-state index is 12.1. The molecule has 0 aliphatic carbocycles. The van der Waals surface area contributed by atoms with Gasteiger partial charge in [0, 0.05) is 25.7 Å².